The zero-order valence-electron chi connectivity index (χ0n) is 20.8. The SMILES string of the molecule is Cc1ccc(-n2c(O)c(/C=N\NC(=O)CN(C)S(=O)(=O)c3ccc(Cl)cc3)c3ccccc3c2=O)c(C)c1. The first-order valence-electron chi connectivity index (χ1n) is 11.5. The minimum absolute atomic E-state index is 0.00857. The molecule has 0 fully saturated rings. The summed E-state index contributed by atoms with van der Waals surface area (Å²) in [5.41, 5.74) is 4.40. The Bertz CT molecular complexity index is 1730. The Labute approximate surface area is 224 Å². The van der Waals surface area contributed by atoms with E-state index < -0.39 is 28.0 Å². The Balaban J connectivity index is 1.62. The van der Waals surface area contributed by atoms with Gasteiger partial charge in [-0.05, 0) is 55.8 Å². The van der Waals surface area contributed by atoms with Gasteiger partial charge in [0.2, 0.25) is 15.9 Å². The van der Waals surface area contributed by atoms with Gasteiger partial charge in [-0.25, -0.2) is 18.4 Å². The number of sulfonamides is 1. The highest BCUT2D eigenvalue weighted by molar-refractivity contribution is 7.89. The van der Waals surface area contributed by atoms with Crippen LogP contribution in [0.25, 0.3) is 16.5 Å². The van der Waals surface area contributed by atoms with E-state index in [0.29, 0.717) is 21.5 Å². The van der Waals surface area contributed by atoms with E-state index in [9.17, 15) is 23.1 Å². The highest BCUT2D eigenvalue weighted by atomic mass is 35.5. The third-order valence-electron chi connectivity index (χ3n) is 5.97. The fourth-order valence-electron chi connectivity index (χ4n) is 4.05. The van der Waals surface area contributed by atoms with Crippen molar-refractivity contribution in [2.75, 3.05) is 13.6 Å². The molecule has 11 heteroatoms. The molecule has 0 saturated heterocycles. The minimum atomic E-state index is -3.93. The number of halogens is 1. The molecule has 38 heavy (non-hydrogen) atoms. The average molecular weight is 553 g/mol. The van der Waals surface area contributed by atoms with Gasteiger partial charge in [0.25, 0.3) is 11.5 Å². The van der Waals surface area contributed by atoms with Crippen molar-refractivity contribution in [2.45, 2.75) is 18.7 Å². The molecule has 0 spiro atoms. The molecule has 0 unspecified atom stereocenters. The molecule has 196 valence electrons. The number of benzene rings is 3. The van der Waals surface area contributed by atoms with Crippen molar-refractivity contribution < 1.29 is 18.3 Å². The highest BCUT2D eigenvalue weighted by Gasteiger charge is 2.23. The largest absolute Gasteiger partial charge is 0.494 e. The molecule has 0 bridgehead atoms. The topological polar surface area (TPSA) is 121 Å². The Morgan fingerprint density at radius 3 is 2.39 bits per heavy atom. The maximum absolute atomic E-state index is 13.3. The number of aromatic nitrogens is 1. The van der Waals surface area contributed by atoms with Crippen LogP contribution in [0.1, 0.15) is 16.7 Å². The highest BCUT2D eigenvalue weighted by Crippen LogP contribution is 2.27. The van der Waals surface area contributed by atoms with Crippen LogP contribution in [0.5, 0.6) is 5.88 Å². The van der Waals surface area contributed by atoms with E-state index in [1.54, 1.807) is 30.3 Å². The number of aryl methyl sites for hydroxylation is 2. The summed E-state index contributed by atoms with van der Waals surface area (Å²) in [4.78, 5) is 25.8. The van der Waals surface area contributed by atoms with Gasteiger partial charge in [-0.15, -0.1) is 0 Å². The number of pyridine rings is 1. The predicted molar refractivity (Wildman–Crippen MR) is 148 cm³/mol. The number of nitrogens with one attached hydrogen (secondary N) is 1. The summed E-state index contributed by atoms with van der Waals surface area (Å²) in [5, 5.41) is 16.3. The van der Waals surface area contributed by atoms with E-state index >= 15 is 0 Å². The van der Waals surface area contributed by atoms with Gasteiger partial charge in [0.15, 0.2) is 0 Å². The van der Waals surface area contributed by atoms with Crippen LogP contribution in [-0.4, -0.2) is 48.1 Å². The van der Waals surface area contributed by atoms with Crippen LogP contribution in [-0.2, 0) is 14.8 Å². The second kappa shape index (κ2) is 10.8. The molecule has 4 rings (SSSR count). The molecule has 0 aliphatic rings. The van der Waals surface area contributed by atoms with E-state index in [4.69, 9.17) is 11.6 Å². The van der Waals surface area contributed by atoms with Gasteiger partial charge in [0.05, 0.1) is 28.9 Å². The van der Waals surface area contributed by atoms with Crippen molar-refractivity contribution in [3.63, 3.8) is 0 Å². The molecule has 3 aromatic carbocycles. The first-order chi connectivity index (χ1) is 18.0. The Morgan fingerprint density at radius 2 is 1.74 bits per heavy atom. The van der Waals surface area contributed by atoms with Crippen LogP contribution >= 0.6 is 11.6 Å². The Hall–Kier alpha value is -3.99. The summed E-state index contributed by atoms with van der Waals surface area (Å²) in [5.74, 6) is -1.05. The normalized spacial score (nSPS) is 11.9. The summed E-state index contributed by atoms with van der Waals surface area (Å²) in [6.45, 7) is 3.27. The quantitative estimate of drug-likeness (QED) is 0.267. The zero-order valence-corrected chi connectivity index (χ0v) is 22.4. The van der Waals surface area contributed by atoms with Crippen LogP contribution in [0, 0.1) is 13.8 Å². The van der Waals surface area contributed by atoms with Gasteiger partial charge < -0.3 is 5.11 Å². The summed E-state index contributed by atoms with van der Waals surface area (Å²) < 4.78 is 27.5. The molecule has 1 aromatic heterocycles. The fraction of sp³-hybridized carbons (Fsp3) is 0.148. The average Bonchev–Trinajstić information content (AvgIpc) is 2.87. The zero-order chi connectivity index (χ0) is 27.6. The lowest BCUT2D eigenvalue weighted by Crippen LogP contribution is -2.36. The lowest BCUT2D eigenvalue weighted by atomic mass is 10.1. The molecular formula is C27H25ClN4O5S. The van der Waals surface area contributed by atoms with E-state index in [2.05, 4.69) is 10.5 Å². The lowest BCUT2D eigenvalue weighted by molar-refractivity contribution is -0.121. The van der Waals surface area contributed by atoms with Crippen molar-refractivity contribution in [1.29, 1.82) is 0 Å². The minimum Gasteiger partial charge on any atom is -0.494 e. The summed E-state index contributed by atoms with van der Waals surface area (Å²) in [6.07, 6.45) is 1.22. The molecule has 0 atom stereocenters. The number of hydrazone groups is 1. The standard InChI is InChI=1S/C27H25ClN4O5S/c1-17-8-13-24(18(2)14-17)32-26(34)22-7-5-4-6-21(22)23(27(32)35)15-29-30-25(33)16-31(3)38(36,37)20-11-9-19(28)10-12-20/h4-15,35H,16H2,1-3H3,(H,30,33)/b29-15-. The third-order valence-corrected chi connectivity index (χ3v) is 8.04. The van der Waals surface area contributed by atoms with Crippen molar-refractivity contribution in [2.24, 2.45) is 5.10 Å². The molecular weight excluding hydrogens is 528 g/mol. The van der Waals surface area contributed by atoms with Gasteiger partial charge >= 0.3 is 0 Å². The monoisotopic (exact) mass is 552 g/mol. The number of hydrogen-bond acceptors (Lipinski definition) is 6. The molecule has 0 aliphatic carbocycles. The summed E-state index contributed by atoms with van der Waals surface area (Å²) in [7, 11) is -2.66. The van der Waals surface area contributed by atoms with Crippen LogP contribution in [0.2, 0.25) is 5.02 Å². The number of carbonyl (C=O) groups excluding carboxylic acids is 1. The number of amides is 1. The van der Waals surface area contributed by atoms with Crippen LogP contribution in [0.3, 0.4) is 0 Å². The van der Waals surface area contributed by atoms with Crippen LogP contribution in [0.15, 0.2) is 81.5 Å². The second-order valence-electron chi connectivity index (χ2n) is 8.72. The number of fused-ring (bicyclic) bond motifs is 1. The second-order valence-corrected chi connectivity index (χ2v) is 11.2. The number of aromatic hydroxyl groups is 1. The smallest absolute Gasteiger partial charge is 0.265 e. The van der Waals surface area contributed by atoms with Gasteiger partial charge in [-0.2, -0.15) is 9.41 Å². The fourth-order valence-corrected chi connectivity index (χ4v) is 5.30. The van der Waals surface area contributed by atoms with E-state index in [1.807, 2.05) is 26.0 Å². The Kier molecular flexibility index (Phi) is 7.68. The summed E-state index contributed by atoms with van der Waals surface area (Å²) >= 11 is 5.82. The van der Waals surface area contributed by atoms with Gasteiger partial charge in [-0.3, -0.25) is 9.59 Å². The number of rotatable bonds is 7. The number of likely N-dealkylation sites (N-methyl/N-ethyl adjacent to an activating group) is 1. The number of hydrogen-bond donors (Lipinski definition) is 2. The third kappa shape index (κ3) is 5.33. The van der Waals surface area contributed by atoms with Gasteiger partial charge in [0.1, 0.15) is 0 Å². The first-order valence-corrected chi connectivity index (χ1v) is 13.3. The van der Waals surface area contributed by atoms with Gasteiger partial charge in [0, 0.05) is 22.8 Å². The first kappa shape index (κ1) is 27.1. The molecule has 1 amide bonds. The van der Waals surface area contributed by atoms with Crippen molar-refractivity contribution in [3.8, 4) is 11.6 Å². The molecule has 0 saturated carbocycles. The number of carbonyl (C=O) groups is 1. The van der Waals surface area contributed by atoms with Crippen molar-refractivity contribution >= 4 is 44.5 Å². The summed E-state index contributed by atoms with van der Waals surface area (Å²) in [6, 6.07) is 17.8. The van der Waals surface area contributed by atoms with E-state index in [-0.39, 0.29) is 16.3 Å². The Morgan fingerprint density at radius 1 is 1.08 bits per heavy atom. The van der Waals surface area contributed by atoms with Crippen LogP contribution < -0.4 is 11.0 Å². The molecule has 0 aliphatic heterocycles. The van der Waals surface area contributed by atoms with Gasteiger partial charge in [-0.1, -0.05) is 47.5 Å². The molecule has 1 heterocycles. The molecule has 2 N–H and O–H groups in total. The van der Waals surface area contributed by atoms with Crippen LogP contribution in [0.4, 0.5) is 0 Å². The lowest BCUT2D eigenvalue weighted by Gasteiger charge is -2.16. The predicted octanol–water partition coefficient (Wildman–Crippen LogP) is 3.74. The van der Waals surface area contributed by atoms with Crippen molar-refractivity contribution in [1.82, 2.24) is 14.3 Å². The molecule has 0 radical (unpaired) electrons. The maximum atomic E-state index is 13.3. The van der Waals surface area contributed by atoms with E-state index in [1.165, 1.54) is 42.1 Å². The van der Waals surface area contributed by atoms with E-state index in [0.717, 1.165) is 15.4 Å². The maximum Gasteiger partial charge on any atom is 0.265 e. The molecule has 4 aromatic rings. The van der Waals surface area contributed by atoms with Crippen molar-refractivity contribution in [3.05, 3.63) is 98.8 Å². The number of nitrogens with zero attached hydrogens (tertiary/aromatic N) is 3. The molecule has 9 nitrogen and oxygen atoms in total.